The Morgan fingerprint density at radius 1 is 1.21 bits per heavy atom. The molecule has 1 amide bonds. The van der Waals surface area contributed by atoms with E-state index in [4.69, 9.17) is 4.74 Å². The Labute approximate surface area is 165 Å². The van der Waals surface area contributed by atoms with Gasteiger partial charge in [0.05, 0.1) is 6.42 Å². The molecule has 0 unspecified atom stereocenters. The van der Waals surface area contributed by atoms with Gasteiger partial charge in [-0.3, -0.25) is 9.59 Å². The van der Waals surface area contributed by atoms with Crippen LogP contribution in [0.4, 0.5) is 4.39 Å². The SMILES string of the molecule is Cc1[nH]c2ccc(F)cc2c1CCNC(=O)CCC(=O)OC1CCC(C)CC1. The minimum absolute atomic E-state index is 0.0111. The number of aromatic nitrogens is 1. The fourth-order valence-electron chi connectivity index (χ4n) is 3.90. The molecule has 3 rings (SSSR count). The van der Waals surface area contributed by atoms with Gasteiger partial charge < -0.3 is 15.0 Å². The minimum Gasteiger partial charge on any atom is -0.462 e. The molecule has 1 heterocycles. The summed E-state index contributed by atoms with van der Waals surface area (Å²) in [5.74, 6) is -0.0312. The van der Waals surface area contributed by atoms with Crippen molar-refractivity contribution in [2.24, 2.45) is 5.92 Å². The van der Waals surface area contributed by atoms with Crippen LogP contribution in [0.2, 0.25) is 0 Å². The van der Waals surface area contributed by atoms with Gasteiger partial charge in [0.1, 0.15) is 11.9 Å². The van der Waals surface area contributed by atoms with Crippen molar-refractivity contribution in [2.45, 2.75) is 64.9 Å². The fraction of sp³-hybridized carbons (Fsp3) is 0.545. The number of aromatic amines is 1. The van der Waals surface area contributed by atoms with Crippen molar-refractivity contribution in [3.8, 4) is 0 Å². The van der Waals surface area contributed by atoms with Gasteiger partial charge in [0.2, 0.25) is 5.91 Å². The number of amides is 1. The van der Waals surface area contributed by atoms with Gasteiger partial charge in [0.25, 0.3) is 0 Å². The van der Waals surface area contributed by atoms with E-state index < -0.39 is 0 Å². The largest absolute Gasteiger partial charge is 0.462 e. The molecule has 0 aliphatic heterocycles. The van der Waals surface area contributed by atoms with Gasteiger partial charge in [-0.1, -0.05) is 6.92 Å². The molecule has 1 aliphatic rings. The van der Waals surface area contributed by atoms with E-state index in [1.807, 2.05) is 6.92 Å². The molecular formula is C22H29FN2O3. The summed E-state index contributed by atoms with van der Waals surface area (Å²) in [6, 6.07) is 4.66. The van der Waals surface area contributed by atoms with Gasteiger partial charge in [-0.25, -0.2) is 4.39 Å². The summed E-state index contributed by atoms with van der Waals surface area (Å²) in [4.78, 5) is 27.2. The highest BCUT2D eigenvalue weighted by Gasteiger charge is 2.21. The van der Waals surface area contributed by atoms with Crippen LogP contribution in [0.15, 0.2) is 18.2 Å². The number of carbonyl (C=O) groups excluding carboxylic acids is 2. The third-order valence-corrected chi connectivity index (χ3v) is 5.60. The quantitative estimate of drug-likeness (QED) is 0.699. The number of ether oxygens (including phenoxy) is 1. The highest BCUT2D eigenvalue weighted by atomic mass is 19.1. The van der Waals surface area contributed by atoms with Crippen LogP contribution >= 0.6 is 0 Å². The molecule has 0 bridgehead atoms. The number of H-pyrrole nitrogens is 1. The molecule has 0 saturated heterocycles. The number of carbonyl (C=O) groups is 2. The third-order valence-electron chi connectivity index (χ3n) is 5.60. The number of hydrogen-bond donors (Lipinski definition) is 2. The van der Waals surface area contributed by atoms with Gasteiger partial charge in [-0.2, -0.15) is 0 Å². The number of esters is 1. The predicted octanol–water partition coefficient (Wildman–Crippen LogP) is 4.18. The summed E-state index contributed by atoms with van der Waals surface area (Å²) >= 11 is 0. The van der Waals surface area contributed by atoms with Crippen molar-refractivity contribution in [2.75, 3.05) is 6.54 Å². The number of aryl methyl sites for hydroxylation is 1. The normalized spacial score (nSPS) is 19.5. The number of rotatable bonds is 7. The van der Waals surface area contributed by atoms with Gasteiger partial charge in [-0.05, 0) is 68.7 Å². The molecule has 28 heavy (non-hydrogen) atoms. The molecule has 0 atom stereocenters. The van der Waals surface area contributed by atoms with E-state index in [0.29, 0.717) is 18.9 Å². The Balaban J connectivity index is 1.40. The van der Waals surface area contributed by atoms with Crippen molar-refractivity contribution < 1.29 is 18.7 Å². The highest BCUT2D eigenvalue weighted by molar-refractivity contribution is 5.85. The minimum atomic E-state index is -0.294. The Morgan fingerprint density at radius 2 is 1.96 bits per heavy atom. The number of benzene rings is 1. The van der Waals surface area contributed by atoms with Gasteiger partial charge >= 0.3 is 5.97 Å². The zero-order valence-electron chi connectivity index (χ0n) is 16.6. The zero-order chi connectivity index (χ0) is 20.1. The summed E-state index contributed by atoms with van der Waals surface area (Å²) in [6.45, 7) is 4.60. The van der Waals surface area contributed by atoms with Crippen LogP contribution in [0, 0.1) is 18.7 Å². The van der Waals surface area contributed by atoms with Crippen LogP contribution in [0.3, 0.4) is 0 Å². The average Bonchev–Trinajstić information content (AvgIpc) is 2.97. The monoisotopic (exact) mass is 388 g/mol. The second-order valence-corrected chi connectivity index (χ2v) is 7.89. The highest BCUT2D eigenvalue weighted by Crippen LogP contribution is 2.26. The van der Waals surface area contributed by atoms with Crippen molar-refractivity contribution in [3.05, 3.63) is 35.3 Å². The predicted molar refractivity (Wildman–Crippen MR) is 106 cm³/mol. The topological polar surface area (TPSA) is 71.2 Å². The summed E-state index contributed by atoms with van der Waals surface area (Å²) in [6.07, 6.45) is 4.88. The van der Waals surface area contributed by atoms with Gasteiger partial charge in [0, 0.05) is 29.6 Å². The molecule has 2 N–H and O–H groups in total. The maximum absolute atomic E-state index is 13.5. The molecular weight excluding hydrogens is 359 g/mol. The maximum Gasteiger partial charge on any atom is 0.306 e. The molecule has 5 nitrogen and oxygen atoms in total. The first-order chi connectivity index (χ1) is 13.4. The Hall–Kier alpha value is -2.37. The van der Waals surface area contributed by atoms with E-state index >= 15 is 0 Å². The average molecular weight is 388 g/mol. The van der Waals surface area contributed by atoms with E-state index in [-0.39, 0.29) is 36.6 Å². The van der Waals surface area contributed by atoms with Crippen LogP contribution < -0.4 is 5.32 Å². The lowest BCUT2D eigenvalue weighted by Crippen LogP contribution is -2.27. The molecule has 6 heteroatoms. The first-order valence-corrected chi connectivity index (χ1v) is 10.1. The van der Waals surface area contributed by atoms with Crippen molar-refractivity contribution >= 4 is 22.8 Å². The molecule has 1 aromatic carbocycles. The second kappa shape index (κ2) is 9.22. The van der Waals surface area contributed by atoms with Crippen LogP contribution in [0.5, 0.6) is 0 Å². The lowest BCUT2D eigenvalue weighted by Gasteiger charge is -2.25. The van der Waals surface area contributed by atoms with Crippen molar-refractivity contribution in [1.29, 1.82) is 0 Å². The smallest absolute Gasteiger partial charge is 0.306 e. The summed E-state index contributed by atoms with van der Waals surface area (Å²) in [7, 11) is 0. The summed E-state index contributed by atoms with van der Waals surface area (Å²) < 4.78 is 19.0. The van der Waals surface area contributed by atoms with E-state index in [2.05, 4.69) is 17.2 Å². The molecule has 1 saturated carbocycles. The van der Waals surface area contributed by atoms with Gasteiger partial charge in [0.15, 0.2) is 0 Å². The van der Waals surface area contributed by atoms with E-state index in [9.17, 15) is 14.0 Å². The van der Waals surface area contributed by atoms with Crippen LogP contribution in [-0.2, 0) is 20.7 Å². The number of halogens is 1. The Kier molecular flexibility index (Phi) is 6.70. The van der Waals surface area contributed by atoms with E-state index in [1.54, 1.807) is 6.07 Å². The third kappa shape index (κ3) is 5.33. The lowest BCUT2D eigenvalue weighted by atomic mass is 9.89. The fourth-order valence-corrected chi connectivity index (χ4v) is 3.90. The standard InChI is InChI=1S/C22H29FN2O3/c1-14-3-6-17(7-4-14)28-22(27)10-9-21(26)24-12-11-18-15(2)25-20-8-5-16(23)13-19(18)20/h5,8,13-14,17,25H,3-4,6-7,9-12H2,1-2H3,(H,24,26). The van der Waals surface area contributed by atoms with Crippen LogP contribution in [-0.4, -0.2) is 29.5 Å². The van der Waals surface area contributed by atoms with E-state index in [1.165, 1.54) is 12.1 Å². The molecule has 152 valence electrons. The van der Waals surface area contributed by atoms with Crippen LogP contribution in [0.1, 0.15) is 56.7 Å². The van der Waals surface area contributed by atoms with Crippen LogP contribution in [0.25, 0.3) is 10.9 Å². The maximum atomic E-state index is 13.5. The van der Waals surface area contributed by atoms with E-state index in [0.717, 1.165) is 47.8 Å². The number of hydrogen-bond acceptors (Lipinski definition) is 3. The Morgan fingerprint density at radius 3 is 2.71 bits per heavy atom. The lowest BCUT2D eigenvalue weighted by molar-refractivity contribution is -0.151. The molecule has 2 aromatic rings. The summed E-state index contributed by atoms with van der Waals surface area (Å²) in [5, 5.41) is 3.68. The second-order valence-electron chi connectivity index (χ2n) is 7.89. The number of nitrogens with one attached hydrogen (secondary N) is 2. The molecule has 1 aliphatic carbocycles. The first kappa shape index (κ1) is 20.4. The number of fused-ring (bicyclic) bond motifs is 1. The molecule has 0 radical (unpaired) electrons. The molecule has 1 fully saturated rings. The molecule has 0 spiro atoms. The van der Waals surface area contributed by atoms with Crippen molar-refractivity contribution in [3.63, 3.8) is 0 Å². The van der Waals surface area contributed by atoms with Crippen molar-refractivity contribution in [1.82, 2.24) is 10.3 Å². The Bertz CT molecular complexity index is 838. The summed E-state index contributed by atoms with van der Waals surface area (Å²) in [5.41, 5.74) is 2.86. The zero-order valence-corrected chi connectivity index (χ0v) is 16.6. The first-order valence-electron chi connectivity index (χ1n) is 10.1. The van der Waals surface area contributed by atoms with Gasteiger partial charge in [-0.15, -0.1) is 0 Å². The molecule has 1 aromatic heterocycles.